The van der Waals surface area contributed by atoms with E-state index in [0.29, 0.717) is 12.8 Å². The standard InChI is InChI=1S/C17H34N6O7/c1-6(18)8-4-3-7(19)16(29-8)30-15-11(23-9(24)5-22-17(20)28)13(26)12(25)10(21-2)14(15)27/h6-8,10-16,21,25-27H,3-5,18-19H2,1-2H3,(H,23,24)(H3,20,22,28)/t6-,7?,8?,10?,11?,12?,13?,14?,15?,16?/m0/s1. The number of hydrogen-bond donors (Lipinski definition) is 9. The molecule has 0 aromatic heterocycles. The van der Waals surface area contributed by atoms with Gasteiger partial charge < -0.3 is 57.9 Å². The highest BCUT2D eigenvalue weighted by Gasteiger charge is 2.51. The van der Waals surface area contributed by atoms with Gasteiger partial charge in [0.1, 0.15) is 18.3 Å². The van der Waals surface area contributed by atoms with Crippen LogP contribution in [0.1, 0.15) is 19.8 Å². The number of amides is 3. The number of aliphatic hydroxyl groups is 3. The van der Waals surface area contributed by atoms with Crippen molar-refractivity contribution in [3.8, 4) is 0 Å². The predicted molar refractivity (Wildman–Crippen MR) is 105 cm³/mol. The highest BCUT2D eigenvalue weighted by atomic mass is 16.7. The summed E-state index contributed by atoms with van der Waals surface area (Å²) in [5, 5.41) is 39.1. The van der Waals surface area contributed by atoms with Crippen molar-refractivity contribution in [2.24, 2.45) is 17.2 Å². The molecule has 10 atom stereocenters. The quantitative estimate of drug-likeness (QED) is 0.186. The second-order valence-corrected chi connectivity index (χ2v) is 7.84. The molecule has 1 saturated heterocycles. The summed E-state index contributed by atoms with van der Waals surface area (Å²) in [7, 11) is 1.51. The van der Waals surface area contributed by atoms with Gasteiger partial charge in [-0.05, 0) is 26.8 Å². The van der Waals surface area contributed by atoms with E-state index in [1.165, 1.54) is 7.05 Å². The Morgan fingerprint density at radius 2 is 1.80 bits per heavy atom. The van der Waals surface area contributed by atoms with Crippen LogP contribution in [0.2, 0.25) is 0 Å². The molecule has 174 valence electrons. The number of aliphatic hydroxyl groups excluding tert-OH is 3. The number of likely N-dealkylation sites (N-methyl/N-ethyl adjacent to an activating group) is 1. The molecule has 2 rings (SSSR count). The minimum Gasteiger partial charge on any atom is -0.389 e. The third-order valence-corrected chi connectivity index (χ3v) is 5.55. The molecule has 0 aromatic carbocycles. The Balaban J connectivity index is 2.20. The Morgan fingerprint density at radius 3 is 2.37 bits per heavy atom. The molecule has 0 radical (unpaired) electrons. The van der Waals surface area contributed by atoms with Crippen LogP contribution in [0.4, 0.5) is 4.79 Å². The largest absolute Gasteiger partial charge is 0.389 e. The molecule has 2 aliphatic rings. The van der Waals surface area contributed by atoms with Crippen molar-refractivity contribution in [1.29, 1.82) is 0 Å². The molecule has 13 nitrogen and oxygen atoms in total. The molecule has 0 spiro atoms. The Hall–Kier alpha value is -1.58. The van der Waals surface area contributed by atoms with Gasteiger partial charge in [-0.3, -0.25) is 4.79 Å². The molecule has 1 aliphatic carbocycles. The maximum Gasteiger partial charge on any atom is 0.312 e. The number of nitrogens with one attached hydrogen (secondary N) is 3. The van der Waals surface area contributed by atoms with Gasteiger partial charge in [-0.25, -0.2) is 4.79 Å². The summed E-state index contributed by atoms with van der Waals surface area (Å²) < 4.78 is 11.8. The monoisotopic (exact) mass is 434 g/mol. The van der Waals surface area contributed by atoms with Gasteiger partial charge in [0.05, 0.1) is 36.9 Å². The van der Waals surface area contributed by atoms with Crippen LogP contribution >= 0.6 is 0 Å². The molecule has 13 heteroatoms. The van der Waals surface area contributed by atoms with Crippen molar-refractivity contribution >= 4 is 11.9 Å². The first kappa shape index (κ1) is 24.7. The van der Waals surface area contributed by atoms with E-state index in [1.807, 2.05) is 0 Å². The number of rotatable bonds is 7. The topological polar surface area (TPSA) is 227 Å². The number of urea groups is 1. The number of hydrogen-bond acceptors (Lipinski definition) is 10. The van der Waals surface area contributed by atoms with Gasteiger partial charge >= 0.3 is 6.03 Å². The molecule has 0 bridgehead atoms. The maximum atomic E-state index is 12.2. The average Bonchev–Trinajstić information content (AvgIpc) is 2.68. The van der Waals surface area contributed by atoms with E-state index in [0.717, 1.165) is 0 Å². The van der Waals surface area contributed by atoms with Gasteiger partial charge in [0.2, 0.25) is 5.91 Å². The Kier molecular flexibility index (Phi) is 8.75. The molecule has 1 heterocycles. The SMILES string of the molecule is CNC1C(O)C(O)C(NC(=O)CNC(N)=O)C(OC2OC([C@H](C)N)CCC2N)C1O. The van der Waals surface area contributed by atoms with E-state index < -0.39 is 67.3 Å². The molecular formula is C17H34N6O7. The van der Waals surface area contributed by atoms with E-state index >= 15 is 0 Å². The van der Waals surface area contributed by atoms with Crippen LogP contribution in [0.5, 0.6) is 0 Å². The van der Waals surface area contributed by atoms with Crippen LogP contribution in [0, 0.1) is 0 Å². The Labute approximate surface area is 174 Å². The van der Waals surface area contributed by atoms with E-state index in [4.69, 9.17) is 26.7 Å². The fourth-order valence-electron chi connectivity index (χ4n) is 3.83. The van der Waals surface area contributed by atoms with Crippen LogP contribution < -0.4 is 33.2 Å². The van der Waals surface area contributed by atoms with Gasteiger partial charge in [-0.2, -0.15) is 0 Å². The predicted octanol–water partition coefficient (Wildman–Crippen LogP) is -4.61. The van der Waals surface area contributed by atoms with E-state index in [9.17, 15) is 24.9 Å². The van der Waals surface area contributed by atoms with Gasteiger partial charge in [-0.15, -0.1) is 0 Å². The minimum atomic E-state index is -1.49. The van der Waals surface area contributed by atoms with Crippen LogP contribution in [0.15, 0.2) is 0 Å². The molecule has 30 heavy (non-hydrogen) atoms. The van der Waals surface area contributed by atoms with Gasteiger partial charge in [0, 0.05) is 6.04 Å². The highest BCUT2D eigenvalue weighted by Crippen LogP contribution is 2.28. The van der Waals surface area contributed by atoms with E-state index in [2.05, 4.69) is 16.0 Å². The smallest absolute Gasteiger partial charge is 0.312 e. The fourth-order valence-corrected chi connectivity index (χ4v) is 3.83. The summed E-state index contributed by atoms with van der Waals surface area (Å²) in [6.07, 6.45) is -5.44. The van der Waals surface area contributed by atoms with Crippen molar-refractivity contribution in [1.82, 2.24) is 16.0 Å². The molecular weight excluding hydrogens is 400 g/mol. The van der Waals surface area contributed by atoms with Gasteiger partial charge in [0.15, 0.2) is 6.29 Å². The third-order valence-electron chi connectivity index (χ3n) is 5.55. The van der Waals surface area contributed by atoms with Crippen molar-refractivity contribution < 1.29 is 34.4 Å². The van der Waals surface area contributed by atoms with Gasteiger partial charge in [0.25, 0.3) is 0 Å². The first-order chi connectivity index (χ1) is 14.1. The Morgan fingerprint density at radius 1 is 1.17 bits per heavy atom. The first-order valence-corrected chi connectivity index (χ1v) is 9.93. The molecule has 9 unspecified atom stereocenters. The molecule has 1 aliphatic heterocycles. The van der Waals surface area contributed by atoms with Crippen molar-refractivity contribution in [2.45, 2.75) is 80.7 Å². The minimum absolute atomic E-state index is 0.271. The highest BCUT2D eigenvalue weighted by molar-refractivity contribution is 5.83. The van der Waals surface area contributed by atoms with Crippen LogP contribution in [0.25, 0.3) is 0 Å². The summed E-state index contributed by atoms with van der Waals surface area (Å²) in [5.74, 6) is -0.698. The second kappa shape index (κ2) is 10.6. The maximum absolute atomic E-state index is 12.2. The lowest BCUT2D eigenvalue weighted by Gasteiger charge is -2.48. The first-order valence-electron chi connectivity index (χ1n) is 9.93. The molecule has 3 amide bonds. The number of nitrogens with two attached hydrogens (primary N) is 3. The van der Waals surface area contributed by atoms with Crippen LogP contribution in [0.3, 0.4) is 0 Å². The summed E-state index contributed by atoms with van der Waals surface area (Å²) in [6.45, 7) is 1.33. The van der Waals surface area contributed by atoms with Crippen molar-refractivity contribution in [3.05, 3.63) is 0 Å². The molecule has 1 saturated carbocycles. The fraction of sp³-hybridized carbons (Fsp3) is 0.882. The van der Waals surface area contributed by atoms with Crippen LogP contribution in [-0.2, 0) is 14.3 Å². The zero-order valence-electron chi connectivity index (χ0n) is 17.1. The van der Waals surface area contributed by atoms with Gasteiger partial charge in [-0.1, -0.05) is 0 Å². The van der Waals surface area contributed by atoms with Crippen LogP contribution in [-0.4, -0.2) is 102 Å². The number of ether oxygens (including phenoxy) is 2. The normalized spacial score (nSPS) is 40.4. The molecule has 2 fully saturated rings. The summed E-state index contributed by atoms with van der Waals surface area (Å²) in [6, 6.07) is -3.84. The second-order valence-electron chi connectivity index (χ2n) is 7.84. The number of carbonyl (C=O) groups excluding carboxylic acids is 2. The Bertz CT molecular complexity index is 597. The van der Waals surface area contributed by atoms with Crippen molar-refractivity contribution in [2.75, 3.05) is 13.6 Å². The molecule has 0 aromatic rings. The summed E-state index contributed by atoms with van der Waals surface area (Å²) in [5.41, 5.74) is 17.0. The summed E-state index contributed by atoms with van der Waals surface area (Å²) in [4.78, 5) is 23.0. The zero-order valence-corrected chi connectivity index (χ0v) is 17.1. The lowest BCUT2D eigenvalue weighted by atomic mass is 9.81. The van der Waals surface area contributed by atoms with E-state index in [1.54, 1.807) is 6.92 Å². The lowest BCUT2D eigenvalue weighted by Crippen LogP contribution is -2.72. The van der Waals surface area contributed by atoms with Crippen molar-refractivity contribution in [3.63, 3.8) is 0 Å². The van der Waals surface area contributed by atoms with E-state index in [-0.39, 0.29) is 12.1 Å². The number of primary amides is 1. The third kappa shape index (κ3) is 5.76. The lowest BCUT2D eigenvalue weighted by molar-refractivity contribution is -0.263. The summed E-state index contributed by atoms with van der Waals surface area (Å²) >= 11 is 0. The average molecular weight is 434 g/mol. The molecule has 12 N–H and O–H groups in total. The number of carbonyl (C=O) groups is 2. The zero-order chi connectivity index (χ0) is 22.6.